The summed E-state index contributed by atoms with van der Waals surface area (Å²) >= 11 is 0. The number of rotatable bonds is 1. The highest BCUT2D eigenvalue weighted by Crippen LogP contribution is 2.27. The summed E-state index contributed by atoms with van der Waals surface area (Å²) in [5.41, 5.74) is 1.38. The Morgan fingerprint density at radius 1 is 1.30 bits per heavy atom. The van der Waals surface area contributed by atoms with Gasteiger partial charge in [0, 0.05) is 24.0 Å². The van der Waals surface area contributed by atoms with Crippen molar-refractivity contribution in [2.45, 2.75) is 26.4 Å². The fraction of sp³-hybridized carbons (Fsp3) is 0.438. The second kappa shape index (κ2) is 4.63. The lowest BCUT2D eigenvalue weighted by Gasteiger charge is -2.37. The van der Waals surface area contributed by atoms with Crippen LogP contribution in [0.1, 0.15) is 30.0 Å². The lowest BCUT2D eigenvalue weighted by Crippen LogP contribution is -2.50. The van der Waals surface area contributed by atoms with Crippen LogP contribution in [0.3, 0.4) is 0 Å². The zero-order valence-corrected chi connectivity index (χ0v) is 12.1. The Bertz CT molecular complexity index is 657. The average Bonchev–Trinajstić information content (AvgIpc) is 2.75. The maximum Gasteiger partial charge on any atom is 0.290 e. The number of hydrogen-bond donors (Lipinski definition) is 0. The van der Waals surface area contributed by atoms with Gasteiger partial charge in [-0.3, -0.25) is 4.79 Å². The molecule has 0 unspecified atom stereocenters. The molecule has 0 saturated carbocycles. The van der Waals surface area contributed by atoms with Crippen LogP contribution in [0.4, 0.5) is 0 Å². The summed E-state index contributed by atoms with van der Waals surface area (Å²) in [4.78, 5) is 14.5. The molecule has 0 spiro atoms. The van der Waals surface area contributed by atoms with Gasteiger partial charge in [-0.1, -0.05) is 18.2 Å². The van der Waals surface area contributed by atoms with Gasteiger partial charge >= 0.3 is 0 Å². The Balaban J connectivity index is 1.94. The number of carbonyl (C=O) groups is 1. The van der Waals surface area contributed by atoms with Crippen molar-refractivity contribution in [2.75, 3.05) is 19.7 Å². The Kier molecular flexibility index (Phi) is 3.05. The van der Waals surface area contributed by atoms with Crippen molar-refractivity contribution >= 4 is 16.9 Å². The molecule has 0 radical (unpaired) electrons. The molecule has 0 aliphatic carbocycles. The topological polar surface area (TPSA) is 42.7 Å². The van der Waals surface area contributed by atoms with E-state index < -0.39 is 0 Å². The smallest absolute Gasteiger partial charge is 0.290 e. The molecule has 4 nitrogen and oxygen atoms in total. The van der Waals surface area contributed by atoms with Crippen LogP contribution in [0, 0.1) is 6.92 Å². The Labute approximate surface area is 118 Å². The van der Waals surface area contributed by atoms with Crippen LogP contribution in [-0.4, -0.2) is 36.1 Å². The van der Waals surface area contributed by atoms with Crippen LogP contribution in [0.2, 0.25) is 0 Å². The predicted octanol–water partition coefficient (Wildman–Crippen LogP) is 2.99. The lowest BCUT2D eigenvalue weighted by molar-refractivity contribution is -0.0768. The Hall–Kier alpha value is -1.81. The zero-order valence-electron chi connectivity index (χ0n) is 12.1. The van der Waals surface area contributed by atoms with Gasteiger partial charge < -0.3 is 14.1 Å². The van der Waals surface area contributed by atoms with Crippen molar-refractivity contribution in [3.8, 4) is 0 Å². The van der Waals surface area contributed by atoms with Crippen molar-refractivity contribution in [3.05, 3.63) is 35.6 Å². The summed E-state index contributed by atoms with van der Waals surface area (Å²) in [6.07, 6.45) is 0. The zero-order chi connectivity index (χ0) is 14.3. The molecule has 0 N–H and O–H groups in total. The van der Waals surface area contributed by atoms with E-state index in [0.717, 1.165) is 16.5 Å². The largest absolute Gasteiger partial charge is 0.451 e. The molecule has 1 saturated heterocycles. The van der Waals surface area contributed by atoms with Gasteiger partial charge in [-0.05, 0) is 26.8 Å². The molecule has 1 aromatic carbocycles. The number of fused-ring (bicyclic) bond motifs is 1. The molecule has 1 amide bonds. The Morgan fingerprint density at radius 3 is 2.75 bits per heavy atom. The van der Waals surface area contributed by atoms with Crippen molar-refractivity contribution in [2.24, 2.45) is 0 Å². The number of ether oxygens (including phenoxy) is 1. The minimum atomic E-state index is -0.298. The van der Waals surface area contributed by atoms with E-state index in [1.807, 2.05) is 49.9 Å². The molecular weight excluding hydrogens is 254 g/mol. The third kappa shape index (κ3) is 2.20. The minimum absolute atomic E-state index is 0.0462. The van der Waals surface area contributed by atoms with Gasteiger partial charge in [0.25, 0.3) is 5.91 Å². The lowest BCUT2D eigenvalue weighted by atomic mass is 10.1. The third-order valence-electron chi connectivity index (χ3n) is 3.75. The third-order valence-corrected chi connectivity index (χ3v) is 3.75. The monoisotopic (exact) mass is 273 g/mol. The van der Waals surface area contributed by atoms with E-state index in [1.165, 1.54) is 0 Å². The van der Waals surface area contributed by atoms with Gasteiger partial charge in [0.15, 0.2) is 5.76 Å². The van der Waals surface area contributed by atoms with Crippen LogP contribution in [0.25, 0.3) is 11.0 Å². The number of hydrogen-bond acceptors (Lipinski definition) is 3. The van der Waals surface area contributed by atoms with E-state index in [-0.39, 0.29) is 11.5 Å². The minimum Gasteiger partial charge on any atom is -0.451 e. The number of carbonyl (C=O) groups excluding carboxylic acids is 1. The van der Waals surface area contributed by atoms with E-state index in [1.54, 1.807) is 0 Å². The number of morpholine rings is 1. The second-order valence-electron chi connectivity index (χ2n) is 5.89. The molecule has 4 heteroatoms. The summed E-state index contributed by atoms with van der Waals surface area (Å²) in [5, 5.41) is 1.00. The second-order valence-corrected chi connectivity index (χ2v) is 5.89. The normalized spacial score (nSPS) is 18.4. The SMILES string of the molecule is Cc1c(C(=O)N2CCOC(C)(C)C2)oc2ccccc12. The molecule has 2 aromatic rings. The van der Waals surface area contributed by atoms with Crippen LogP contribution in [0.5, 0.6) is 0 Å². The van der Waals surface area contributed by atoms with Crippen LogP contribution in [0.15, 0.2) is 28.7 Å². The highest BCUT2D eigenvalue weighted by atomic mass is 16.5. The van der Waals surface area contributed by atoms with Crippen molar-refractivity contribution in [1.29, 1.82) is 0 Å². The summed E-state index contributed by atoms with van der Waals surface area (Å²) in [6.45, 7) is 7.69. The first-order valence-corrected chi connectivity index (χ1v) is 6.89. The van der Waals surface area contributed by atoms with E-state index in [4.69, 9.17) is 9.15 Å². The van der Waals surface area contributed by atoms with Crippen LogP contribution in [-0.2, 0) is 4.74 Å². The molecule has 1 aromatic heterocycles. The standard InChI is InChI=1S/C16H19NO3/c1-11-12-6-4-5-7-13(12)20-14(11)15(18)17-8-9-19-16(2,3)10-17/h4-7H,8-10H2,1-3H3. The summed E-state index contributed by atoms with van der Waals surface area (Å²) in [6, 6.07) is 7.74. The van der Waals surface area contributed by atoms with Gasteiger partial charge in [-0.15, -0.1) is 0 Å². The first kappa shape index (κ1) is 13.2. The number of nitrogens with zero attached hydrogens (tertiary/aromatic N) is 1. The number of benzene rings is 1. The Morgan fingerprint density at radius 2 is 2.05 bits per heavy atom. The molecule has 106 valence electrons. The van der Waals surface area contributed by atoms with Gasteiger partial charge in [-0.25, -0.2) is 0 Å². The molecule has 0 bridgehead atoms. The highest BCUT2D eigenvalue weighted by Gasteiger charge is 2.32. The fourth-order valence-electron chi connectivity index (χ4n) is 2.71. The maximum atomic E-state index is 12.7. The molecule has 20 heavy (non-hydrogen) atoms. The summed E-state index contributed by atoms with van der Waals surface area (Å²) < 4.78 is 11.4. The van der Waals surface area contributed by atoms with E-state index >= 15 is 0 Å². The quantitative estimate of drug-likeness (QED) is 0.802. The predicted molar refractivity (Wildman–Crippen MR) is 76.9 cm³/mol. The van der Waals surface area contributed by atoms with Gasteiger partial charge in [0.2, 0.25) is 0 Å². The summed E-state index contributed by atoms with van der Waals surface area (Å²) in [7, 11) is 0. The first-order chi connectivity index (χ1) is 9.48. The first-order valence-electron chi connectivity index (χ1n) is 6.89. The van der Waals surface area contributed by atoms with Crippen molar-refractivity contribution in [1.82, 2.24) is 4.90 Å². The molecule has 2 heterocycles. The summed E-state index contributed by atoms with van der Waals surface area (Å²) in [5.74, 6) is 0.402. The molecule has 0 atom stereocenters. The van der Waals surface area contributed by atoms with Crippen LogP contribution < -0.4 is 0 Å². The van der Waals surface area contributed by atoms with E-state index in [2.05, 4.69) is 0 Å². The maximum absolute atomic E-state index is 12.7. The number of amides is 1. The molecule has 1 aliphatic heterocycles. The number of para-hydroxylation sites is 1. The van der Waals surface area contributed by atoms with Crippen LogP contribution >= 0.6 is 0 Å². The van der Waals surface area contributed by atoms with E-state index in [9.17, 15) is 4.79 Å². The molecular formula is C16H19NO3. The molecule has 3 rings (SSSR count). The van der Waals surface area contributed by atoms with Gasteiger partial charge in [0.1, 0.15) is 5.58 Å². The fourth-order valence-corrected chi connectivity index (χ4v) is 2.71. The van der Waals surface area contributed by atoms with E-state index in [0.29, 0.717) is 25.5 Å². The van der Waals surface area contributed by atoms with Crippen molar-refractivity contribution < 1.29 is 13.9 Å². The highest BCUT2D eigenvalue weighted by molar-refractivity contribution is 5.99. The number of aryl methyl sites for hydroxylation is 1. The van der Waals surface area contributed by atoms with Gasteiger partial charge in [0.05, 0.1) is 12.2 Å². The average molecular weight is 273 g/mol. The number of furan rings is 1. The van der Waals surface area contributed by atoms with Gasteiger partial charge in [-0.2, -0.15) is 0 Å². The molecule has 1 aliphatic rings. The molecule has 1 fully saturated rings. The van der Waals surface area contributed by atoms with Crippen molar-refractivity contribution in [3.63, 3.8) is 0 Å².